The highest BCUT2D eigenvalue weighted by Gasteiger charge is 2.44. The van der Waals surface area contributed by atoms with Gasteiger partial charge in [-0.05, 0) is 51.3 Å². The second kappa shape index (κ2) is 4.64. The average molecular weight is 260 g/mol. The van der Waals surface area contributed by atoms with E-state index in [0.29, 0.717) is 6.42 Å². The summed E-state index contributed by atoms with van der Waals surface area (Å²) >= 11 is 0. The van der Waals surface area contributed by atoms with Gasteiger partial charge in [0.25, 0.3) is 0 Å². The Labute approximate surface area is 115 Å². The van der Waals surface area contributed by atoms with Crippen molar-refractivity contribution in [1.29, 1.82) is 0 Å². The summed E-state index contributed by atoms with van der Waals surface area (Å²) in [5, 5.41) is 0. The van der Waals surface area contributed by atoms with Gasteiger partial charge in [0.1, 0.15) is 0 Å². The molecule has 1 heterocycles. The molecule has 1 amide bonds. The largest absolute Gasteiger partial charge is 0.329 e. The second-order valence-electron chi connectivity index (χ2n) is 6.55. The number of amides is 1. The lowest BCUT2D eigenvalue weighted by molar-refractivity contribution is -0.133. The van der Waals surface area contributed by atoms with Crippen LogP contribution in [-0.4, -0.2) is 22.4 Å². The molecular weight excluding hydrogens is 236 g/mol. The van der Waals surface area contributed by atoms with Crippen molar-refractivity contribution in [3.05, 3.63) is 34.9 Å². The van der Waals surface area contributed by atoms with Crippen molar-refractivity contribution >= 4 is 5.91 Å². The second-order valence-corrected chi connectivity index (χ2v) is 6.55. The SMILES string of the molecule is Cc1cccc(C)c1C1C(N)CC(=O)N1C(C)(C)C. The lowest BCUT2D eigenvalue weighted by Gasteiger charge is -2.39. The molecular formula is C16H24N2O. The summed E-state index contributed by atoms with van der Waals surface area (Å²) in [6.07, 6.45) is 0.440. The summed E-state index contributed by atoms with van der Waals surface area (Å²) < 4.78 is 0. The molecule has 2 unspecified atom stereocenters. The van der Waals surface area contributed by atoms with Crippen LogP contribution in [0.2, 0.25) is 0 Å². The number of hydrogen-bond acceptors (Lipinski definition) is 2. The quantitative estimate of drug-likeness (QED) is 0.844. The van der Waals surface area contributed by atoms with Crippen molar-refractivity contribution in [2.45, 2.75) is 58.7 Å². The molecule has 3 heteroatoms. The van der Waals surface area contributed by atoms with Gasteiger partial charge >= 0.3 is 0 Å². The number of rotatable bonds is 1. The van der Waals surface area contributed by atoms with E-state index in [-0.39, 0.29) is 23.5 Å². The number of carbonyl (C=O) groups is 1. The van der Waals surface area contributed by atoms with E-state index < -0.39 is 0 Å². The monoisotopic (exact) mass is 260 g/mol. The molecule has 0 saturated carbocycles. The molecule has 0 radical (unpaired) electrons. The van der Waals surface area contributed by atoms with Crippen molar-refractivity contribution in [3.8, 4) is 0 Å². The molecule has 0 aliphatic carbocycles. The first-order valence-electron chi connectivity index (χ1n) is 6.87. The molecule has 104 valence electrons. The molecule has 1 aliphatic rings. The normalized spacial score (nSPS) is 24.1. The maximum atomic E-state index is 12.3. The summed E-state index contributed by atoms with van der Waals surface area (Å²) in [5.74, 6) is 0.160. The fourth-order valence-corrected chi connectivity index (χ4v) is 3.19. The number of nitrogens with two attached hydrogens (primary N) is 1. The van der Waals surface area contributed by atoms with Crippen molar-refractivity contribution in [3.63, 3.8) is 0 Å². The van der Waals surface area contributed by atoms with E-state index in [2.05, 4.69) is 52.8 Å². The van der Waals surface area contributed by atoms with Crippen LogP contribution in [0.15, 0.2) is 18.2 Å². The fraction of sp³-hybridized carbons (Fsp3) is 0.562. The lowest BCUT2D eigenvalue weighted by atomic mass is 9.90. The Hall–Kier alpha value is -1.35. The van der Waals surface area contributed by atoms with Gasteiger partial charge in [0.2, 0.25) is 5.91 Å². The van der Waals surface area contributed by atoms with E-state index in [1.165, 1.54) is 16.7 Å². The van der Waals surface area contributed by atoms with Gasteiger partial charge in [0.05, 0.1) is 6.04 Å². The number of hydrogen-bond donors (Lipinski definition) is 1. The molecule has 2 N–H and O–H groups in total. The Morgan fingerprint density at radius 1 is 1.21 bits per heavy atom. The van der Waals surface area contributed by atoms with Crippen LogP contribution in [0.1, 0.15) is 49.9 Å². The zero-order valence-electron chi connectivity index (χ0n) is 12.5. The minimum atomic E-state index is -0.204. The summed E-state index contributed by atoms with van der Waals surface area (Å²) in [4.78, 5) is 14.2. The van der Waals surface area contributed by atoms with Gasteiger partial charge in [-0.25, -0.2) is 0 Å². The smallest absolute Gasteiger partial charge is 0.225 e. The topological polar surface area (TPSA) is 46.3 Å². The van der Waals surface area contributed by atoms with Gasteiger partial charge < -0.3 is 10.6 Å². The summed E-state index contributed by atoms with van der Waals surface area (Å²) in [7, 11) is 0. The molecule has 2 rings (SSSR count). The molecule has 1 aromatic rings. The third-order valence-electron chi connectivity index (χ3n) is 3.92. The minimum Gasteiger partial charge on any atom is -0.329 e. The maximum absolute atomic E-state index is 12.3. The van der Waals surface area contributed by atoms with Crippen molar-refractivity contribution in [2.75, 3.05) is 0 Å². The molecule has 19 heavy (non-hydrogen) atoms. The van der Waals surface area contributed by atoms with E-state index >= 15 is 0 Å². The van der Waals surface area contributed by atoms with E-state index in [1.807, 2.05) is 4.90 Å². The van der Waals surface area contributed by atoms with Gasteiger partial charge in [0, 0.05) is 18.0 Å². The standard InChI is InChI=1S/C16H24N2O/c1-10-7-6-8-11(2)14(10)15-12(17)9-13(19)18(15)16(3,4)5/h6-8,12,15H,9,17H2,1-5H3. The van der Waals surface area contributed by atoms with Gasteiger partial charge in [-0.2, -0.15) is 0 Å². The Bertz CT molecular complexity index is 482. The average Bonchev–Trinajstić information content (AvgIpc) is 2.53. The van der Waals surface area contributed by atoms with Crippen molar-refractivity contribution in [2.24, 2.45) is 5.73 Å². The number of nitrogens with zero attached hydrogens (tertiary/aromatic N) is 1. The number of carbonyl (C=O) groups excluding carboxylic acids is 1. The van der Waals surface area contributed by atoms with Gasteiger partial charge in [-0.1, -0.05) is 18.2 Å². The molecule has 0 aromatic heterocycles. The van der Waals surface area contributed by atoms with Crippen LogP contribution in [0.4, 0.5) is 0 Å². The zero-order valence-corrected chi connectivity index (χ0v) is 12.5. The van der Waals surface area contributed by atoms with Crippen LogP contribution in [0.5, 0.6) is 0 Å². The van der Waals surface area contributed by atoms with E-state index in [4.69, 9.17) is 5.73 Å². The fourth-order valence-electron chi connectivity index (χ4n) is 3.19. The molecule has 1 fully saturated rings. The van der Waals surface area contributed by atoms with Gasteiger partial charge in [-0.15, -0.1) is 0 Å². The van der Waals surface area contributed by atoms with Crippen LogP contribution in [0, 0.1) is 13.8 Å². The molecule has 0 bridgehead atoms. The molecule has 1 aromatic carbocycles. The number of likely N-dealkylation sites (tertiary alicyclic amines) is 1. The van der Waals surface area contributed by atoms with Crippen molar-refractivity contribution in [1.82, 2.24) is 4.90 Å². The Morgan fingerprint density at radius 3 is 2.21 bits per heavy atom. The highest BCUT2D eigenvalue weighted by molar-refractivity contribution is 5.81. The first-order valence-corrected chi connectivity index (χ1v) is 6.87. The lowest BCUT2D eigenvalue weighted by Crippen LogP contribution is -2.45. The van der Waals surface area contributed by atoms with Crippen LogP contribution in [0.3, 0.4) is 0 Å². The van der Waals surface area contributed by atoms with Crippen LogP contribution in [0.25, 0.3) is 0 Å². The molecule has 1 aliphatic heterocycles. The summed E-state index contributed by atoms with van der Waals surface area (Å²) in [6, 6.07) is 6.12. The number of benzene rings is 1. The third kappa shape index (κ3) is 2.39. The number of aryl methyl sites for hydroxylation is 2. The summed E-state index contributed by atoms with van der Waals surface area (Å²) in [5.41, 5.74) is 9.70. The Kier molecular flexibility index (Phi) is 3.43. The maximum Gasteiger partial charge on any atom is 0.225 e. The predicted octanol–water partition coefficient (Wildman–Crippen LogP) is 2.70. The first-order chi connectivity index (χ1) is 8.73. The molecule has 1 saturated heterocycles. The van der Waals surface area contributed by atoms with Crippen LogP contribution < -0.4 is 5.73 Å². The van der Waals surface area contributed by atoms with E-state index in [1.54, 1.807) is 0 Å². The van der Waals surface area contributed by atoms with Crippen LogP contribution in [-0.2, 0) is 4.79 Å². The van der Waals surface area contributed by atoms with E-state index in [0.717, 1.165) is 0 Å². The van der Waals surface area contributed by atoms with Gasteiger partial charge in [0.15, 0.2) is 0 Å². The molecule has 2 atom stereocenters. The summed E-state index contributed by atoms with van der Waals surface area (Å²) in [6.45, 7) is 10.4. The molecule has 3 nitrogen and oxygen atoms in total. The van der Waals surface area contributed by atoms with Crippen LogP contribution >= 0.6 is 0 Å². The highest BCUT2D eigenvalue weighted by Crippen LogP contribution is 2.39. The third-order valence-corrected chi connectivity index (χ3v) is 3.92. The van der Waals surface area contributed by atoms with Gasteiger partial charge in [-0.3, -0.25) is 4.79 Å². The minimum absolute atomic E-state index is 0.00583. The van der Waals surface area contributed by atoms with Crippen molar-refractivity contribution < 1.29 is 4.79 Å². The van der Waals surface area contributed by atoms with E-state index in [9.17, 15) is 4.79 Å². The first kappa shape index (κ1) is 14.1. The predicted molar refractivity (Wildman–Crippen MR) is 77.8 cm³/mol. The zero-order chi connectivity index (χ0) is 14.4. The Morgan fingerprint density at radius 2 is 1.74 bits per heavy atom. The Balaban J connectivity index is 2.55. The molecule has 0 spiro atoms. The highest BCUT2D eigenvalue weighted by atomic mass is 16.2.